The zero-order valence-electron chi connectivity index (χ0n) is 9.57. The molecule has 4 heteroatoms. The van der Waals surface area contributed by atoms with E-state index in [1.54, 1.807) is 0 Å². The quantitative estimate of drug-likeness (QED) is 0.547. The van der Waals surface area contributed by atoms with E-state index in [0.717, 1.165) is 25.8 Å². The van der Waals surface area contributed by atoms with Crippen LogP contribution in [-0.4, -0.2) is 31.6 Å². The van der Waals surface area contributed by atoms with E-state index < -0.39 is 0 Å². The Labute approximate surface area is 96.2 Å². The van der Waals surface area contributed by atoms with Gasteiger partial charge < -0.3 is 4.90 Å². The fourth-order valence-electron chi connectivity index (χ4n) is 1.50. The molecule has 0 aliphatic heterocycles. The summed E-state index contributed by atoms with van der Waals surface area (Å²) in [6, 6.07) is 4.71. The van der Waals surface area contributed by atoms with E-state index in [9.17, 15) is 0 Å². The topological polar surface area (TPSA) is 41.3 Å². The van der Waals surface area contributed by atoms with Gasteiger partial charge >= 0.3 is 0 Å². The van der Waals surface area contributed by atoms with Crippen LogP contribution in [-0.2, 0) is 6.42 Å². The van der Waals surface area contributed by atoms with Crippen LogP contribution >= 0.6 is 11.3 Å². The lowest BCUT2D eigenvalue weighted by Gasteiger charge is -2.17. The largest absolute Gasteiger partial charge is 0.309 e. The normalized spacial score (nSPS) is 13.3. The summed E-state index contributed by atoms with van der Waals surface area (Å²) in [7, 11) is 4.18. The minimum absolute atomic E-state index is 0.425. The van der Waals surface area contributed by atoms with Gasteiger partial charge in [0, 0.05) is 10.9 Å². The standard InChI is InChI=1S/C11H21N3S/c1-14(2)8-7-10(13-12)5-6-11-4-3-9-15-11/h3-4,9-10,13H,5-8,12H2,1-2H3. The van der Waals surface area contributed by atoms with Crippen molar-refractivity contribution in [1.82, 2.24) is 10.3 Å². The molecule has 0 saturated heterocycles. The predicted octanol–water partition coefficient (Wildman–Crippen LogP) is 1.46. The maximum absolute atomic E-state index is 5.53. The van der Waals surface area contributed by atoms with Crippen LogP contribution in [0.5, 0.6) is 0 Å². The summed E-state index contributed by atoms with van der Waals surface area (Å²) in [5, 5.41) is 2.13. The molecular formula is C11H21N3S. The number of nitrogens with one attached hydrogen (secondary N) is 1. The number of hydrogen-bond acceptors (Lipinski definition) is 4. The molecule has 3 nitrogen and oxygen atoms in total. The van der Waals surface area contributed by atoms with Crippen LogP contribution in [0.4, 0.5) is 0 Å². The average Bonchev–Trinajstić information content (AvgIpc) is 2.70. The average molecular weight is 227 g/mol. The molecule has 0 spiro atoms. The van der Waals surface area contributed by atoms with E-state index in [1.165, 1.54) is 4.88 Å². The number of hydrazine groups is 1. The minimum atomic E-state index is 0.425. The minimum Gasteiger partial charge on any atom is -0.309 e. The van der Waals surface area contributed by atoms with E-state index in [-0.39, 0.29) is 0 Å². The van der Waals surface area contributed by atoms with E-state index in [0.29, 0.717) is 6.04 Å². The Morgan fingerprint density at radius 2 is 2.27 bits per heavy atom. The smallest absolute Gasteiger partial charge is 0.0226 e. The molecule has 0 aromatic carbocycles. The molecule has 1 heterocycles. The molecule has 0 aliphatic rings. The first-order valence-corrected chi connectivity index (χ1v) is 6.23. The van der Waals surface area contributed by atoms with Gasteiger partial charge in [-0.3, -0.25) is 11.3 Å². The first kappa shape index (κ1) is 12.6. The van der Waals surface area contributed by atoms with E-state index in [2.05, 4.69) is 41.9 Å². The Kier molecular flexibility index (Phi) is 5.86. The zero-order valence-corrected chi connectivity index (χ0v) is 10.4. The number of aryl methyl sites for hydroxylation is 1. The Morgan fingerprint density at radius 3 is 2.80 bits per heavy atom. The lowest BCUT2D eigenvalue weighted by molar-refractivity contribution is 0.351. The van der Waals surface area contributed by atoms with Crippen LogP contribution in [0.3, 0.4) is 0 Å². The molecule has 0 amide bonds. The first-order valence-electron chi connectivity index (χ1n) is 5.35. The van der Waals surface area contributed by atoms with Crippen molar-refractivity contribution in [1.29, 1.82) is 0 Å². The maximum atomic E-state index is 5.53. The molecule has 15 heavy (non-hydrogen) atoms. The summed E-state index contributed by atoms with van der Waals surface area (Å²) < 4.78 is 0. The second-order valence-electron chi connectivity index (χ2n) is 4.07. The molecule has 0 saturated carbocycles. The number of thiophene rings is 1. The summed E-state index contributed by atoms with van der Waals surface area (Å²) in [5.74, 6) is 5.53. The molecule has 3 N–H and O–H groups in total. The third-order valence-corrected chi connectivity index (χ3v) is 3.42. The third kappa shape index (κ3) is 5.28. The van der Waals surface area contributed by atoms with Crippen molar-refractivity contribution in [2.75, 3.05) is 20.6 Å². The molecule has 1 rings (SSSR count). The zero-order chi connectivity index (χ0) is 11.1. The lowest BCUT2D eigenvalue weighted by Crippen LogP contribution is -2.37. The van der Waals surface area contributed by atoms with Gasteiger partial charge in [0.2, 0.25) is 0 Å². The van der Waals surface area contributed by atoms with Gasteiger partial charge in [-0.2, -0.15) is 0 Å². The molecule has 86 valence electrons. The van der Waals surface area contributed by atoms with Crippen LogP contribution in [0.15, 0.2) is 17.5 Å². The second-order valence-corrected chi connectivity index (χ2v) is 5.11. The molecule has 0 aliphatic carbocycles. The van der Waals surface area contributed by atoms with Gasteiger partial charge in [-0.25, -0.2) is 0 Å². The Hall–Kier alpha value is -0.420. The lowest BCUT2D eigenvalue weighted by atomic mass is 10.1. The molecule has 0 bridgehead atoms. The third-order valence-electron chi connectivity index (χ3n) is 2.48. The van der Waals surface area contributed by atoms with Crippen molar-refractivity contribution in [3.8, 4) is 0 Å². The second kappa shape index (κ2) is 6.95. The first-order chi connectivity index (χ1) is 7.22. The summed E-state index contributed by atoms with van der Waals surface area (Å²) in [6.45, 7) is 1.08. The van der Waals surface area contributed by atoms with Crippen molar-refractivity contribution >= 4 is 11.3 Å². The number of nitrogens with two attached hydrogens (primary N) is 1. The number of rotatable bonds is 7. The van der Waals surface area contributed by atoms with Crippen molar-refractivity contribution in [2.24, 2.45) is 5.84 Å². The molecule has 1 aromatic heterocycles. The molecule has 1 unspecified atom stereocenters. The van der Waals surface area contributed by atoms with Crippen LogP contribution in [0.2, 0.25) is 0 Å². The molecule has 1 aromatic rings. The number of hydrogen-bond donors (Lipinski definition) is 2. The molecule has 1 atom stereocenters. The van der Waals surface area contributed by atoms with Crippen LogP contribution in [0, 0.1) is 0 Å². The van der Waals surface area contributed by atoms with Gasteiger partial charge in [0.15, 0.2) is 0 Å². The van der Waals surface area contributed by atoms with Crippen LogP contribution < -0.4 is 11.3 Å². The van der Waals surface area contributed by atoms with Gasteiger partial charge in [0.05, 0.1) is 0 Å². The van der Waals surface area contributed by atoms with E-state index >= 15 is 0 Å². The highest BCUT2D eigenvalue weighted by Gasteiger charge is 2.07. The summed E-state index contributed by atoms with van der Waals surface area (Å²) in [5.41, 5.74) is 2.90. The highest BCUT2D eigenvalue weighted by Crippen LogP contribution is 2.12. The van der Waals surface area contributed by atoms with Crippen molar-refractivity contribution < 1.29 is 0 Å². The Balaban J connectivity index is 2.22. The van der Waals surface area contributed by atoms with Crippen molar-refractivity contribution in [3.05, 3.63) is 22.4 Å². The molecular weight excluding hydrogens is 206 g/mol. The van der Waals surface area contributed by atoms with Gasteiger partial charge in [0.25, 0.3) is 0 Å². The highest BCUT2D eigenvalue weighted by molar-refractivity contribution is 7.09. The summed E-state index contributed by atoms with van der Waals surface area (Å²) >= 11 is 1.82. The van der Waals surface area contributed by atoms with Gasteiger partial charge in [0.1, 0.15) is 0 Å². The van der Waals surface area contributed by atoms with Gasteiger partial charge in [-0.1, -0.05) is 6.07 Å². The summed E-state index contributed by atoms with van der Waals surface area (Å²) in [6.07, 6.45) is 3.35. The molecule has 0 radical (unpaired) electrons. The van der Waals surface area contributed by atoms with Crippen molar-refractivity contribution in [2.45, 2.75) is 25.3 Å². The molecule has 0 fully saturated rings. The van der Waals surface area contributed by atoms with Gasteiger partial charge in [-0.05, 0) is 51.3 Å². The summed E-state index contributed by atoms with van der Waals surface area (Å²) in [4.78, 5) is 3.63. The fourth-order valence-corrected chi connectivity index (χ4v) is 2.22. The number of nitrogens with zero attached hydrogens (tertiary/aromatic N) is 1. The van der Waals surface area contributed by atoms with Crippen LogP contribution in [0.1, 0.15) is 17.7 Å². The SMILES string of the molecule is CN(C)CCC(CCc1cccs1)NN. The van der Waals surface area contributed by atoms with Crippen LogP contribution in [0.25, 0.3) is 0 Å². The predicted molar refractivity (Wildman–Crippen MR) is 66.9 cm³/mol. The highest BCUT2D eigenvalue weighted by atomic mass is 32.1. The van der Waals surface area contributed by atoms with Crippen molar-refractivity contribution in [3.63, 3.8) is 0 Å². The Bertz CT molecular complexity index is 246. The fraction of sp³-hybridized carbons (Fsp3) is 0.636. The van der Waals surface area contributed by atoms with E-state index in [4.69, 9.17) is 5.84 Å². The maximum Gasteiger partial charge on any atom is 0.0226 e. The van der Waals surface area contributed by atoms with E-state index in [1.807, 2.05) is 11.3 Å². The Morgan fingerprint density at radius 1 is 1.47 bits per heavy atom. The monoisotopic (exact) mass is 227 g/mol. The van der Waals surface area contributed by atoms with Gasteiger partial charge in [-0.15, -0.1) is 11.3 Å².